The molecular formula is C15H16ClNO2. The maximum Gasteiger partial charge on any atom is 0.149 e. The molecule has 0 saturated heterocycles. The first-order chi connectivity index (χ1) is 9.24. The van der Waals surface area contributed by atoms with Crippen LogP contribution in [-0.4, -0.2) is 13.7 Å². The van der Waals surface area contributed by atoms with Crippen LogP contribution in [0.5, 0.6) is 17.2 Å². The summed E-state index contributed by atoms with van der Waals surface area (Å²) < 4.78 is 11.0. The average molecular weight is 278 g/mol. The molecule has 3 nitrogen and oxygen atoms in total. The van der Waals surface area contributed by atoms with Crippen molar-refractivity contribution in [3.63, 3.8) is 0 Å². The number of methoxy groups -OCH3 is 1. The number of benzene rings is 2. The zero-order chi connectivity index (χ0) is 13.7. The summed E-state index contributed by atoms with van der Waals surface area (Å²) in [5, 5.41) is 0.585. The molecule has 0 fully saturated rings. The summed E-state index contributed by atoms with van der Waals surface area (Å²) in [6.07, 6.45) is 0.728. The molecule has 0 atom stereocenters. The Hall–Kier alpha value is -1.71. The van der Waals surface area contributed by atoms with Gasteiger partial charge in [0.1, 0.15) is 17.2 Å². The maximum absolute atomic E-state index is 6.18. The molecule has 2 aromatic rings. The predicted molar refractivity (Wildman–Crippen MR) is 77.3 cm³/mol. The smallest absolute Gasteiger partial charge is 0.149 e. The van der Waals surface area contributed by atoms with E-state index in [-0.39, 0.29) is 0 Å². The van der Waals surface area contributed by atoms with Crippen LogP contribution in [0.2, 0.25) is 5.02 Å². The van der Waals surface area contributed by atoms with Crippen LogP contribution in [0.15, 0.2) is 42.5 Å². The van der Waals surface area contributed by atoms with Gasteiger partial charge in [-0.05, 0) is 48.9 Å². The Morgan fingerprint density at radius 3 is 2.37 bits per heavy atom. The third-order valence-electron chi connectivity index (χ3n) is 2.74. The zero-order valence-corrected chi connectivity index (χ0v) is 11.5. The van der Waals surface area contributed by atoms with Crippen LogP contribution in [0.1, 0.15) is 5.56 Å². The first kappa shape index (κ1) is 13.7. The Morgan fingerprint density at radius 1 is 1.05 bits per heavy atom. The molecule has 0 aliphatic carbocycles. The predicted octanol–water partition coefficient (Wildman–Crippen LogP) is 3.64. The van der Waals surface area contributed by atoms with Gasteiger partial charge in [-0.15, -0.1) is 0 Å². The summed E-state index contributed by atoms with van der Waals surface area (Å²) in [4.78, 5) is 0. The third kappa shape index (κ3) is 3.40. The van der Waals surface area contributed by atoms with Gasteiger partial charge >= 0.3 is 0 Å². The standard InChI is InChI=1S/C15H16ClNO2/c1-18-12-5-7-13(8-6-12)19-15-11(9-10-17)3-2-4-14(15)16/h2-8H,9-10,17H2,1H3. The number of rotatable bonds is 5. The second-order valence-corrected chi connectivity index (χ2v) is 4.45. The fourth-order valence-corrected chi connectivity index (χ4v) is 2.01. The first-order valence-electron chi connectivity index (χ1n) is 6.04. The number of hydrogen-bond acceptors (Lipinski definition) is 3. The summed E-state index contributed by atoms with van der Waals surface area (Å²) in [6.45, 7) is 0.555. The summed E-state index contributed by atoms with van der Waals surface area (Å²) in [6, 6.07) is 13.0. The first-order valence-corrected chi connectivity index (χ1v) is 6.41. The molecule has 2 N–H and O–H groups in total. The molecule has 0 spiro atoms. The van der Waals surface area contributed by atoms with E-state index < -0.39 is 0 Å². The van der Waals surface area contributed by atoms with Gasteiger partial charge in [-0.2, -0.15) is 0 Å². The summed E-state index contributed by atoms with van der Waals surface area (Å²) >= 11 is 6.18. The van der Waals surface area contributed by atoms with Crippen molar-refractivity contribution in [3.05, 3.63) is 53.1 Å². The Morgan fingerprint density at radius 2 is 1.74 bits per heavy atom. The lowest BCUT2D eigenvalue weighted by atomic mass is 10.1. The quantitative estimate of drug-likeness (QED) is 0.907. The van der Waals surface area contributed by atoms with Crippen molar-refractivity contribution < 1.29 is 9.47 Å². The van der Waals surface area contributed by atoms with Gasteiger partial charge in [0.2, 0.25) is 0 Å². The van der Waals surface area contributed by atoms with Gasteiger partial charge in [0.15, 0.2) is 0 Å². The van der Waals surface area contributed by atoms with E-state index in [2.05, 4.69) is 0 Å². The summed E-state index contributed by atoms with van der Waals surface area (Å²) in [7, 11) is 1.63. The Labute approximate surface area is 117 Å². The molecule has 0 aromatic heterocycles. The highest BCUT2D eigenvalue weighted by Gasteiger charge is 2.09. The minimum atomic E-state index is 0.555. The highest BCUT2D eigenvalue weighted by Crippen LogP contribution is 2.33. The average Bonchev–Trinajstić information content (AvgIpc) is 2.44. The third-order valence-corrected chi connectivity index (χ3v) is 3.04. The molecule has 4 heteroatoms. The van der Waals surface area contributed by atoms with E-state index in [0.29, 0.717) is 23.1 Å². The minimum Gasteiger partial charge on any atom is -0.497 e. The Balaban J connectivity index is 2.26. The van der Waals surface area contributed by atoms with Crippen LogP contribution in [0.4, 0.5) is 0 Å². The monoisotopic (exact) mass is 277 g/mol. The lowest BCUT2D eigenvalue weighted by Gasteiger charge is -2.12. The van der Waals surface area contributed by atoms with E-state index in [4.69, 9.17) is 26.8 Å². The molecule has 19 heavy (non-hydrogen) atoms. The molecule has 0 unspecified atom stereocenters. The molecule has 0 amide bonds. The number of nitrogens with two attached hydrogens (primary N) is 1. The molecule has 0 aliphatic rings. The molecular weight excluding hydrogens is 262 g/mol. The maximum atomic E-state index is 6.18. The summed E-state index contributed by atoms with van der Waals surface area (Å²) in [5.74, 6) is 2.17. The van der Waals surface area contributed by atoms with Crippen LogP contribution in [0.25, 0.3) is 0 Å². The molecule has 0 radical (unpaired) electrons. The molecule has 2 rings (SSSR count). The fraction of sp³-hybridized carbons (Fsp3) is 0.200. The van der Waals surface area contributed by atoms with Gasteiger partial charge in [0, 0.05) is 0 Å². The summed E-state index contributed by atoms with van der Waals surface area (Å²) in [5.41, 5.74) is 6.60. The Bertz CT molecular complexity index is 540. The molecule has 0 saturated carbocycles. The van der Waals surface area contributed by atoms with Crippen molar-refractivity contribution in [1.82, 2.24) is 0 Å². The Kier molecular flexibility index (Phi) is 4.66. The van der Waals surface area contributed by atoms with Crippen molar-refractivity contribution in [2.24, 2.45) is 5.73 Å². The van der Waals surface area contributed by atoms with Crippen LogP contribution in [-0.2, 0) is 6.42 Å². The van der Waals surface area contributed by atoms with Gasteiger partial charge in [0.25, 0.3) is 0 Å². The number of halogens is 1. The van der Waals surface area contributed by atoms with Crippen molar-refractivity contribution >= 4 is 11.6 Å². The van der Waals surface area contributed by atoms with Gasteiger partial charge in [-0.25, -0.2) is 0 Å². The van der Waals surface area contributed by atoms with E-state index in [1.807, 2.05) is 36.4 Å². The van der Waals surface area contributed by atoms with Crippen molar-refractivity contribution in [2.45, 2.75) is 6.42 Å². The highest BCUT2D eigenvalue weighted by molar-refractivity contribution is 6.32. The molecule has 100 valence electrons. The van der Waals surface area contributed by atoms with Crippen molar-refractivity contribution in [2.75, 3.05) is 13.7 Å². The van der Waals surface area contributed by atoms with Crippen LogP contribution in [0.3, 0.4) is 0 Å². The molecule has 0 heterocycles. The highest BCUT2D eigenvalue weighted by atomic mass is 35.5. The van der Waals surface area contributed by atoms with Gasteiger partial charge < -0.3 is 15.2 Å². The van der Waals surface area contributed by atoms with Crippen molar-refractivity contribution in [1.29, 1.82) is 0 Å². The van der Waals surface area contributed by atoms with Gasteiger partial charge in [-0.1, -0.05) is 23.7 Å². The van der Waals surface area contributed by atoms with Gasteiger partial charge in [0.05, 0.1) is 12.1 Å². The topological polar surface area (TPSA) is 44.5 Å². The SMILES string of the molecule is COc1ccc(Oc2c(Cl)cccc2CCN)cc1. The van der Waals surface area contributed by atoms with E-state index in [1.54, 1.807) is 13.2 Å². The van der Waals surface area contributed by atoms with Gasteiger partial charge in [-0.3, -0.25) is 0 Å². The second-order valence-electron chi connectivity index (χ2n) is 4.04. The van der Waals surface area contributed by atoms with Crippen molar-refractivity contribution in [3.8, 4) is 17.2 Å². The largest absolute Gasteiger partial charge is 0.497 e. The normalized spacial score (nSPS) is 10.3. The van der Waals surface area contributed by atoms with E-state index in [9.17, 15) is 0 Å². The minimum absolute atomic E-state index is 0.555. The van der Waals surface area contributed by atoms with E-state index >= 15 is 0 Å². The van der Waals surface area contributed by atoms with Crippen LogP contribution < -0.4 is 15.2 Å². The van der Waals surface area contributed by atoms with E-state index in [0.717, 1.165) is 17.7 Å². The lowest BCUT2D eigenvalue weighted by molar-refractivity contribution is 0.412. The lowest BCUT2D eigenvalue weighted by Crippen LogP contribution is -2.04. The van der Waals surface area contributed by atoms with Crippen LogP contribution >= 0.6 is 11.6 Å². The number of hydrogen-bond donors (Lipinski definition) is 1. The van der Waals surface area contributed by atoms with Crippen LogP contribution in [0, 0.1) is 0 Å². The second kappa shape index (κ2) is 6.45. The molecule has 0 aliphatic heterocycles. The fourth-order valence-electron chi connectivity index (χ4n) is 1.78. The number of ether oxygens (including phenoxy) is 2. The molecule has 0 bridgehead atoms. The van der Waals surface area contributed by atoms with E-state index in [1.165, 1.54) is 0 Å². The number of para-hydroxylation sites is 1. The molecule has 2 aromatic carbocycles. The zero-order valence-electron chi connectivity index (χ0n) is 10.7.